The first-order valence-corrected chi connectivity index (χ1v) is 5.20. The largest absolute Gasteiger partial charge is 0.162 e. The molecule has 1 saturated carbocycles. The van der Waals surface area contributed by atoms with E-state index in [-0.39, 0.29) is 0 Å². The zero-order chi connectivity index (χ0) is 6.10. The molecule has 0 aromatic rings. The van der Waals surface area contributed by atoms with Crippen LogP contribution in [0.5, 0.6) is 0 Å². The average Bonchev–Trinajstić information content (AvgIpc) is 2.71. The summed E-state index contributed by atoms with van der Waals surface area (Å²) in [4.78, 5) is 0. The van der Waals surface area contributed by atoms with Crippen molar-refractivity contribution in [1.29, 1.82) is 0 Å². The van der Waals surface area contributed by atoms with Gasteiger partial charge in [-0.15, -0.1) is 0 Å². The summed E-state index contributed by atoms with van der Waals surface area (Å²) in [5, 5.41) is 0. The fraction of sp³-hybridized carbons (Fsp3) is 1.00. The van der Waals surface area contributed by atoms with Crippen LogP contribution in [0.4, 0.5) is 0 Å². The lowest BCUT2D eigenvalue weighted by atomic mass is 10.0. The van der Waals surface area contributed by atoms with E-state index >= 15 is 0 Å². The first-order chi connectivity index (χ1) is 4.47. The van der Waals surface area contributed by atoms with Crippen molar-refractivity contribution in [1.82, 2.24) is 0 Å². The predicted octanol–water partition coefficient (Wildman–Crippen LogP) is 2.54. The van der Waals surface area contributed by atoms with Gasteiger partial charge in [0.05, 0.1) is 0 Å². The van der Waals surface area contributed by atoms with Crippen molar-refractivity contribution in [3.8, 4) is 0 Å². The maximum atomic E-state index is 2.17. The van der Waals surface area contributed by atoms with Crippen LogP contribution in [0.3, 0.4) is 0 Å². The van der Waals surface area contributed by atoms with E-state index in [1.165, 1.54) is 24.3 Å². The summed E-state index contributed by atoms with van der Waals surface area (Å²) in [6.45, 7) is 0. The molecule has 2 fully saturated rings. The van der Waals surface area contributed by atoms with Crippen LogP contribution < -0.4 is 0 Å². The molecule has 0 spiro atoms. The van der Waals surface area contributed by atoms with Crippen LogP contribution in [0.25, 0.3) is 0 Å². The highest BCUT2D eigenvalue weighted by atomic mass is 32.2. The summed E-state index contributed by atoms with van der Waals surface area (Å²) < 4.78 is 0. The molecule has 0 aromatic heterocycles. The van der Waals surface area contributed by atoms with E-state index in [1.54, 1.807) is 12.8 Å². The number of rotatable bonds is 1. The molecule has 1 heteroatoms. The summed E-state index contributed by atoms with van der Waals surface area (Å²) >= 11 is 2.17. The molecular weight excluding hydrogens is 128 g/mol. The van der Waals surface area contributed by atoms with Gasteiger partial charge in [-0.1, -0.05) is 0 Å². The van der Waals surface area contributed by atoms with Gasteiger partial charge in [-0.2, -0.15) is 11.8 Å². The molecule has 1 atom stereocenters. The topological polar surface area (TPSA) is 0 Å². The minimum atomic E-state index is 1.13. The Kier molecular flexibility index (Phi) is 1.71. The third kappa shape index (κ3) is 1.43. The van der Waals surface area contributed by atoms with Crippen LogP contribution in [0.1, 0.15) is 25.7 Å². The molecule has 9 heavy (non-hydrogen) atoms. The highest BCUT2D eigenvalue weighted by Crippen LogP contribution is 2.42. The molecule has 0 bridgehead atoms. The van der Waals surface area contributed by atoms with Crippen LogP contribution >= 0.6 is 11.8 Å². The lowest BCUT2D eigenvalue weighted by Gasteiger charge is -2.20. The summed E-state index contributed by atoms with van der Waals surface area (Å²) in [7, 11) is 0. The van der Waals surface area contributed by atoms with Crippen molar-refractivity contribution in [3.05, 3.63) is 0 Å². The molecule has 1 saturated heterocycles. The Hall–Kier alpha value is 0.350. The highest BCUT2D eigenvalue weighted by molar-refractivity contribution is 7.99. The fourth-order valence-corrected chi connectivity index (χ4v) is 2.98. The monoisotopic (exact) mass is 142 g/mol. The smallest absolute Gasteiger partial charge is 0.00365 e. The Morgan fingerprint density at radius 3 is 2.44 bits per heavy atom. The van der Waals surface area contributed by atoms with Crippen LogP contribution in [0.2, 0.25) is 0 Å². The normalized spacial score (nSPS) is 36.7. The standard InChI is InChI=1S/C8H14S/c1-2-8(6-9-5-1)7-3-4-7/h7-8H,1-6H2/t8-/m1/s1. The van der Waals surface area contributed by atoms with Gasteiger partial charge in [0, 0.05) is 0 Å². The Labute approximate surface area is 61.4 Å². The molecule has 1 heterocycles. The molecule has 52 valence electrons. The summed E-state index contributed by atoms with van der Waals surface area (Å²) in [6.07, 6.45) is 6.12. The molecule has 0 N–H and O–H groups in total. The molecule has 1 aliphatic carbocycles. The quantitative estimate of drug-likeness (QED) is 0.542. The molecule has 0 amide bonds. The number of thioether (sulfide) groups is 1. The van der Waals surface area contributed by atoms with Crippen LogP contribution in [0, 0.1) is 11.8 Å². The van der Waals surface area contributed by atoms with E-state index in [2.05, 4.69) is 11.8 Å². The maximum absolute atomic E-state index is 2.17. The van der Waals surface area contributed by atoms with Crippen LogP contribution in [0.15, 0.2) is 0 Å². The first kappa shape index (κ1) is 6.09. The van der Waals surface area contributed by atoms with Gasteiger partial charge in [-0.05, 0) is 49.0 Å². The molecule has 0 aromatic carbocycles. The Balaban J connectivity index is 1.80. The minimum absolute atomic E-state index is 1.13. The van der Waals surface area contributed by atoms with E-state index in [0.29, 0.717) is 0 Å². The minimum Gasteiger partial charge on any atom is -0.162 e. The molecular formula is C8H14S. The second kappa shape index (κ2) is 2.53. The van der Waals surface area contributed by atoms with Crippen molar-refractivity contribution >= 4 is 11.8 Å². The van der Waals surface area contributed by atoms with E-state index in [9.17, 15) is 0 Å². The van der Waals surface area contributed by atoms with Gasteiger partial charge in [0.25, 0.3) is 0 Å². The predicted molar refractivity (Wildman–Crippen MR) is 42.8 cm³/mol. The second-order valence-electron chi connectivity index (χ2n) is 3.31. The van der Waals surface area contributed by atoms with E-state index in [4.69, 9.17) is 0 Å². The lowest BCUT2D eigenvalue weighted by molar-refractivity contribution is 0.464. The lowest BCUT2D eigenvalue weighted by Crippen LogP contribution is -2.11. The summed E-state index contributed by atoms with van der Waals surface area (Å²) in [6, 6.07) is 0. The Bertz CT molecular complexity index is 90.7. The Morgan fingerprint density at radius 2 is 1.89 bits per heavy atom. The summed E-state index contributed by atoms with van der Waals surface area (Å²) in [5.74, 6) is 5.20. The van der Waals surface area contributed by atoms with Gasteiger partial charge < -0.3 is 0 Å². The highest BCUT2D eigenvalue weighted by Gasteiger charge is 2.31. The zero-order valence-electron chi connectivity index (χ0n) is 5.81. The van der Waals surface area contributed by atoms with Crippen LogP contribution in [-0.2, 0) is 0 Å². The second-order valence-corrected chi connectivity index (χ2v) is 4.46. The van der Waals surface area contributed by atoms with Gasteiger partial charge in [0.1, 0.15) is 0 Å². The molecule has 0 nitrogen and oxygen atoms in total. The molecule has 0 radical (unpaired) electrons. The number of hydrogen-bond acceptors (Lipinski definition) is 1. The molecule has 2 aliphatic rings. The molecule has 1 aliphatic heterocycles. The van der Waals surface area contributed by atoms with E-state index in [0.717, 1.165) is 11.8 Å². The first-order valence-electron chi connectivity index (χ1n) is 4.04. The van der Waals surface area contributed by atoms with E-state index < -0.39 is 0 Å². The molecule has 0 unspecified atom stereocenters. The summed E-state index contributed by atoms with van der Waals surface area (Å²) in [5.41, 5.74) is 0. The SMILES string of the molecule is C1CSC[C@H](C2CC2)C1. The molecule has 2 rings (SSSR count). The number of hydrogen-bond donors (Lipinski definition) is 0. The van der Waals surface area contributed by atoms with Crippen molar-refractivity contribution in [2.24, 2.45) is 11.8 Å². The van der Waals surface area contributed by atoms with Crippen molar-refractivity contribution < 1.29 is 0 Å². The van der Waals surface area contributed by atoms with Crippen molar-refractivity contribution in [2.45, 2.75) is 25.7 Å². The third-order valence-corrected chi connectivity index (χ3v) is 3.73. The fourth-order valence-electron chi connectivity index (χ4n) is 1.71. The van der Waals surface area contributed by atoms with Gasteiger partial charge >= 0.3 is 0 Å². The van der Waals surface area contributed by atoms with Crippen LogP contribution in [-0.4, -0.2) is 11.5 Å². The third-order valence-electron chi connectivity index (χ3n) is 2.48. The van der Waals surface area contributed by atoms with E-state index in [1.807, 2.05) is 0 Å². The average molecular weight is 142 g/mol. The van der Waals surface area contributed by atoms with Gasteiger partial charge in [0.15, 0.2) is 0 Å². The zero-order valence-corrected chi connectivity index (χ0v) is 6.62. The maximum Gasteiger partial charge on any atom is -0.00365 e. The Morgan fingerprint density at radius 1 is 1.00 bits per heavy atom. The van der Waals surface area contributed by atoms with Gasteiger partial charge in [0.2, 0.25) is 0 Å². The van der Waals surface area contributed by atoms with Crippen molar-refractivity contribution in [2.75, 3.05) is 11.5 Å². The van der Waals surface area contributed by atoms with Crippen molar-refractivity contribution in [3.63, 3.8) is 0 Å². The van der Waals surface area contributed by atoms with Gasteiger partial charge in [-0.3, -0.25) is 0 Å². The van der Waals surface area contributed by atoms with Gasteiger partial charge in [-0.25, -0.2) is 0 Å².